The van der Waals surface area contributed by atoms with Crippen molar-refractivity contribution in [1.29, 1.82) is 5.26 Å². The maximum Gasteiger partial charge on any atom is 0.272 e. The average molecular weight is 743 g/mol. The van der Waals surface area contributed by atoms with Crippen LogP contribution in [0.25, 0.3) is 6.08 Å². The summed E-state index contributed by atoms with van der Waals surface area (Å²) in [5.41, 5.74) is 4.30. The van der Waals surface area contributed by atoms with Crippen molar-refractivity contribution >= 4 is 57.6 Å². The zero-order chi connectivity index (χ0) is 37.3. The fourth-order valence-corrected chi connectivity index (χ4v) is 8.36. The molecule has 0 saturated carbocycles. The molecule has 3 N–H and O–H groups in total. The number of hydrogen-bond acceptors (Lipinski definition) is 8. The van der Waals surface area contributed by atoms with Crippen LogP contribution in [0.5, 0.6) is 11.5 Å². The number of benzene rings is 4. The van der Waals surface area contributed by atoms with Gasteiger partial charge in [-0.3, -0.25) is 14.4 Å². The minimum atomic E-state index is -0.555. The van der Waals surface area contributed by atoms with Gasteiger partial charge in [0.1, 0.15) is 28.3 Å². The molecule has 0 fully saturated rings. The Balaban J connectivity index is 1.15. The third-order valence-electron chi connectivity index (χ3n) is 8.93. The lowest BCUT2D eigenvalue weighted by molar-refractivity contribution is -0.115. The summed E-state index contributed by atoms with van der Waals surface area (Å²) >= 11 is 2.83. The van der Waals surface area contributed by atoms with Crippen LogP contribution < -0.4 is 25.4 Å². The number of thioether (sulfide) groups is 1. The predicted molar refractivity (Wildman–Crippen MR) is 211 cm³/mol. The molecule has 9 nitrogen and oxygen atoms in total. The number of anilines is 2. The molecule has 2 atom stereocenters. The molecule has 6 rings (SSSR count). The lowest BCUT2D eigenvalue weighted by Gasteiger charge is -2.22. The Morgan fingerprint density at radius 2 is 1.68 bits per heavy atom. The highest BCUT2D eigenvalue weighted by atomic mass is 32.2. The van der Waals surface area contributed by atoms with Crippen LogP contribution in [-0.4, -0.2) is 37.2 Å². The molecule has 268 valence electrons. The third kappa shape index (κ3) is 8.98. The first-order chi connectivity index (χ1) is 25.8. The molecule has 0 bridgehead atoms. The van der Waals surface area contributed by atoms with Gasteiger partial charge in [0, 0.05) is 32.7 Å². The van der Waals surface area contributed by atoms with E-state index < -0.39 is 17.1 Å². The van der Waals surface area contributed by atoms with Gasteiger partial charge >= 0.3 is 0 Å². The maximum atomic E-state index is 13.7. The summed E-state index contributed by atoms with van der Waals surface area (Å²) < 4.78 is 10.8. The summed E-state index contributed by atoms with van der Waals surface area (Å²) in [6.07, 6.45) is 4.14. The largest absolute Gasteiger partial charge is 0.497 e. The molecule has 0 aliphatic heterocycles. The van der Waals surface area contributed by atoms with Crippen molar-refractivity contribution in [2.45, 2.75) is 42.2 Å². The monoisotopic (exact) mass is 742 g/mol. The fraction of sp³-hybridized carbons (Fsp3) is 0.190. The van der Waals surface area contributed by atoms with Gasteiger partial charge in [0.2, 0.25) is 5.91 Å². The van der Waals surface area contributed by atoms with E-state index in [-0.39, 0.29) is 11.6 Å². The van der Waals surface area contributed by atoms with Crippen molar-refractivity contribution in [3.8, 4) is 17.6 Å². The number of thiophene rings is 1. The first-order valence-electron chi connectivity index (χ1n) is 17.0. The van der Waals surface area contributed by atoms with Gasteiger partial charge in [-0.1, -0.05) is 54.6 Å². The summed E-state index contributed by atoms with van der Waals surface area (Å²) in [6.45, 7) is 1.80. The van der Waals surface area contributed by atoms with Gasteiger partial charge in [0.25, 0.3) is 11.8 Å². The van der Waals surface area contributed by atoms with Crippen molar-refractivity contribution < 1.29 is 23.9 Å². The van der Waals surface area contributed by atoms with Gasteiger partial charge in [-0.15, -0.1) is 23.1 Å². The number of nitrogens with one attached hydrogen (secondary N) is 3. The molecule has 1 heterocycles. The van der Waals surface area contributed by atoms with Gasteiger partial charge in [-0.25, -0.2) is 0 Å². The average Bonchev–Trinajstić information content (AvgIpc) is 3.54. The van der Waals surface area contributed by atoms with Crippen LogP contribution in [0, 0.1) is 11.3 Å². The van der Waals surface area contributed by atoms with Crippen LogP contribution in [0.15, 0.2) is 114 Å². The second kappa shape index (κ2) is 17.1. The number of rotatable bonds is 12. The Bertz CT molecular complexity index is 2190. The summed E-state index contributed by atoms with van der Waals surface area (Å²) in [5.74, 6) is 0.187. The summed E-state index contributed by atoms with van der Waals surface area (Å²) in [4.78, 5) is 42.2. The predicted octanol–water partition coefficient (Wildman–Crippen LogP) is 8.44. The van der Waals surface area contributed by atoms with Crippen molar-refractivity contribution in [2.24, 2.45) is 0 Å². The molecule has 1 aromatic heterocycles. The first-order valence-corrected chi connectivity index (χ1v) is 18.7. The molecule has 4 aromatic carbocycles. The highest BCUT2D eigenvalue weighted by molar-refractivity contribution is 8.00. The highest BCUT2D eigenvalue weighted by Crippen LogP contribution is 2.42. The number of amides is 3. The molecular formula is C42H38N4O5S2. The Hall–Kier alpha value is -5.83. The minimum absolute atomic E-state index is 0.00449. The summed E-state index contributed by atoms with van der Waals surface area (Å²) in [7, 11) is 3.06. The van der Waals surface area contributed by atoms with E-state index in [1.807, 2.05) is 12.1 Å². The number of carbonyl (C=O) groups excluding carboxylic acids is 3. The second-order valence-electron chi connectivity index (χ2n) is 12.4. The Labute approximate surface area is 317 Å². The summed E-state index contributed by atoms with van der Waals surface area (Å²) in [5, 5.41) is 18.8. The number of methoxy groups -OCH3 is 2. The van der Waals surface area contributed by atoms with Crippen LogP contribution in [0.4, 0.5) is 10.7 Å². The lowest BCUT2D eigenvalue weighted by atomic mass is 9.83. The molecule has 0 spiro atoms. The molecule has 2 unspecified atom stereocenters. The number of nitriles is 1. The molecule has 53 heavy (non-hydrogen) atoms. The van der Waals surface area contributed by atoms with Crippen LogP contribution in [0.2, 0.25) is 0 Å². The van der Waals surface area contributed by atoms with Crippen LogP contribution >= 0.6 is 23.1 Å². The number of carbonyl (C=O) groups is 3. The normalized spacial score (nSPS) is 14.2. The van der Waals surface area contributed by atoms with E-state index in [1.165, 1.54) is 35.8 Å². The highest BCUT2D eigenvalue weighted by Gasteiger charge is 2.28. The number of fused-ring (bicyclic) bond motifs is 1. The van der Waals surface area contributed by atoms with Gasteiger partial charge in [-0.2, -0.15) is 5.26 Å². The molecule has 0 saturated heterocycles. The number of hydrogen-bond donors (Lipinski definition) is 3. The smallest absolute Gasteiger partial charge is 0.272 e. The molecule has 3 amide bonds. The Morgan fingerprint density at radius 3 is 2.40 bits per heavy atom. The van der Waals surface area contributed by atoms with E-state index in [9.17, 15) is 19.6 Å². The molecule has 1 aliphatic carbocycles. The van der Waals surface area contributed by atoms with E-state index in [4.69, 9.17) is 9.47 Å². The van der Waals surface area contributed by atoms with E-state index in [0.717, 1.165) is 34.6 Å². The Kier molecular flexibility index (Phi) is 11.9. The second-order valence-corrected chi connectivity index (χ2v) is 14.9. The van der Waals surface area contributed by atoms with Gasteiger partial charge in [0.15, 0.2) is 0 Å². The molecule has 5 aromatic rings. The molecule has 11 heteroatoms. The molecule has 1 aliphatic rings. The first kappa shape index (κ1) is 36.9. The quantitative estimate of drug-likeness (QED) is 0.0865. The van der Waals surface area contributed by atoms with Crippen LogP contribution in [0.1, 0.15) is 56.8 Å². The van der Waals surface area contributed by atoms with E-state index in [2.05, 4.69) is 46.3 Å². The van der Waals surface area contributed by atoms with Crippen molar-refractivity contribution in [3.05, 3.63) is 142 Å². The lowest BCUT2D eigenvalue weighted by Crippen LogP contribution is -2.30. The van der Waals surface area contributed by atoms with Crippen molar-refractivity contribution in [1.82, 2.24) is 5.32 Å². The van der Waals surface area contributed by atoms with Crippen LogP contribution in [0.3, 0.4) is 0 Å². The van der Waals surface area contributed by atoms with Gasteiger partial charge < -0.3 is 25.4 Å². The maximum absolute atomic E-state index is 13.7. The van der Waals surface area contributed by atoms with Crippen molar-refractivity contribution in [2.75, 3.05) is 24.9 Å². The summed E-state index contributed by atoms with van der Waals surface area (Å²) in [6, 6.07) is 33.7. The van der Waals surface area contributed by atoms with Gasteiger partial charge in [0.05, 0.1) is 25.0 Å². The third-order valence-corrected chi connectivity index (χ3v) is 11.2. The standard InChI is InChI=1S/C42H38N4O5S2/c1-26(39(47)46-42-35(25-43)34-20-18-29(22-38(34)53-42)27-11-6-4-7-12-27)52-33-16-10-15-31(23-33)44-41(49)36(45-40(48)28-13-8-5-9-14-28)21-30-17-19-32(50-2)24-37(30)51-3/h4-17,19,21,23-24,26,29H,18,20,22H2,1-3H3,(H,44,49)(H,45,48)(H,46,47)/b36-21+. The number of ether oxygens (including phenoxy) is 2. The number of nitrogens with zero attached hydrogens (tertiary/aromatic N) is 1. The zero-order valence-electron chi connectivity index (χ0n) is 29.5. The van der Waals surface area contributed by atoms with Crippen LogP contribution in [-0.2, 0) is 22.4 Å². The Morgan fingerprint density at radius 1 is 0.925 bits per heavy atom. The van der Waals surface area contributed by atoms with E-state index in [0.29, 0.717) is 44.8 Å². The SMILES string of the molecule is COc1ccc(/C=C(/NC(=O)c2ccccc2)C(=O)Nc2cccc(SC(C)C(=O)Nc3sc4c(c3C#N)CCC(c3ccccc3)C4)c2)c(OC)c1. The minimum Gasteiger partial charge on any atom is -0.497 e. The van der Waals surface area contributed by atoms with Crippen molar-refractivity contribution in [3.63, 3.8) is 0 Å². The topological polar surface area (TPSA) is 130 Å². The molecular weight excluding hydrogens is 705 g/mol. The van der Waals surface area contributed by atoms with E-state index >= 15 is 0 Å². The van der Waals surface area contributed by atoms with Gasteiger partial charge in [-0.05, 0) is 91.8 Å². The zero-order valence-corrected chi connectivity index (χ0v) is 31.1. The van der Waals surface area contributed by atoms with E-state index in [1.54, 1.807) is 86.8 Å². The molecule has 0 radical (unpaired) electrons. The fourth-order valence-electron chi connectivity index (χ4n) is 6.15.